The smallest absolute Gasteiger partial charge is 0.416 e. The molecule has 2 atom stereocenters. The summed E-state index contributed by atoms with van der Waals surface area (Å²) in [6.45, 7) is 1.38. The second-order valence-corrected chi connectivity index (χ2v) is 7.27. The lowest BCUT2D eigenvalue weighted by atomic mass is 10.1. The number of nitrogens with zero attached hydrogens (tertiary/aromatic N) is 1. The maximum absolute atomic E-state index is 12.7. The summed E-state index contributed by atoms with van der Waals surface area (Å²) in [5.41, 5.74) is -0.0282. The van der Waals surface area contributed by atoms with Gasteiger partial charge in [0.2, 0.25) is 5.91 Å². The van der Waals surface area contributed by atoms with Gasteiger partial charge in [-0.3, -0.25) is 14.4 Å². The highest BCUT2D eigenvalue weighted by atomic mass is 19.4. The van der Waals surface area contributed by atoms with Gasteiger partial charge in [-0.05, 0) is 30.7 Å². The monoisotopic (exact) mass is 434 g/mol. The van der Waals surface area contributed by atoms with E-state index in [0.717, 1.165) is 23.8 Å². The molecule has 2 aromatic carbocycles. The summed E-state index contributed by atoms with van der Waals surface area (Å²) in [6.07, 6.45) is -4.56. The highest BCUT2D eigenvalue weighted by Gasteiger charge is 2.38. The quantitative estimate of drug-likeness (QED) is 0.702. The molecule has 1 N–H and O–H groups in total. The van der Waals surface area contributed by atoms with Crippen LogP contribution in [-0.2, 0) is 25.3 Å². The summed E-state index contributed by atoms with van der Waals surface area (Å²) < 4.78 is 43.2. The van der Waals surface area contributed by atoms with E-state index in [2.05, 4.69) is 5.32 Å². The van der Waals surface area contributed by atoms with Crippen molar-refractivity contribution in [3.05, 3.63) is 65.7 Å². The lowest BCUT2D eigenvalue weighted by Gasteiger charge is -2.25. The van der Waals surface area contributed by atoms with Crippen molar-refractivity contribution in [1.29, 1.82) is 0 Å². The van der Waals surface area contributed by atoms with Crippen LogP contribution in [0.25, 0.3) is 0 Å². The highest BCUT2D eigenvalue weighted by Crippen LogP contribution is 2.31. The number of likely N-dealkylation sites (tertiary alicyclic amines) is 1. The molecule has 0 unspecified atom stereocenters. The Morgan fingerprint density at radius 2 is 1.87 bits per heavy atom. The van der Waals surface area contributed by atoms with E-state index in [1.54, 1.807) is 4.90 Å². The van der Waals surface area contributed by atoms with Crippen molar-refractivity contribution in [2.45, 2.75) is 25.6 Å². The summed E-state index contributed by atoms with van der Waals surface area (Å²) >= 11 is 0. The van der Waals surface area contributed by atoms with Crippen molar-refractivity contribution in [1.82, 2.24) is 4.90 Å². The largest absolute Gasteiger partial charge is 0.455 e. The lowest BCUT2D eigenvalue weighted by Crippen LogP contribution is -2.30. The van der Waals surface area contributed by atoms with Gasteiger partial charge in [-0.1, -0.05) is 36.4 Å². The van der Waals surface area contributed by atoms with Gasteiger partial charge >= 0.3 is 12.1 Å². The fourth-order valence-corrected chi connectivity index (χ4v) is 3.40. The third kappa shape index (κ3) is 5.62. The van der Waals surface area contributed by atoms with Crippen LogP contribution in [0.2, 0.25) is 0 Å². The predicted octanol–water partition coefficient (Wildman–Crippen LogP) is 3.80. The van der Waals surface area contributed by atoms with Crippen LogP contribution in [0.1, 0.15) is 30.5 Å². The minimum Gasteiger partial charge on any atom is -0.455 e. The number of amides is 2. The Balaban J connectivity index is 1.52. The SMILES string of the molecule is C[C@@H](c1ccccc1)N1C[C@H](C(=O)OCC(=O)Nc2cccc(C(F)(F)F)c2)CC1=O. The predicted molar refractivity (Wildman–Crippen MR) is 106 cm³/mol. The first kappa shape index (κ1) is 22.3. The molecule has 0 spiro atoms. The lowest BCUT2D eigenvalue weighted by molar-refractivity contribution is -0.151. The van der Waals surface area contributed by atoms with Crippen molar-refractivity contribution in [2.75, 3.05) is 18.5 Å². The van der Waals surface area contributed by atoms with Gasteiger partial charge in [0.05, 0.1) is 17.5 Å². The molecule has 1 fully saturated rings. The summed E-state index contributed by atoms with van der Waals surface area (Å²) in [6, 6.07) is 13.3. The number of anilines is 1. The first-order chi connectivity index (χ1) is 14.6. The number of carbonyl (C=O) groups excluding carboxylic acids is 3. The number of esters is 1. The van der Waals surface area contributed by atoms with Gasteiger partial charge in [0, 0.05) is 18.7 Å². The molecule has 0 radical (unpaired) electrons. The van der Waals surface area contributed by atoms with Gasteiger partial charge in [-0.15, -0.1) is 0 Å². The molecule has 2 amide bonds. The molecule has 1 heterocycles. The van der Waals surface area contributed by atoms with Gasteiger partial charge < -0.3 is 15.0 Å². The van der Waals surface area contributed by atoms with Crippen molar-refractivity contribution >= 4 is 23.5 Å². The molecule has 0 aliphatic carbocycles. The molecule has 3 rings (SSSR count). The fourth-order valence-electron chi connectivity index (χ4n) is 3.40. The number of alkyl halides is 3. The zero-order chi connectivity index (χ0) is 22.6. The molecule has 1 aliphatic rings. The van der Waals surface area contributed by atoms with Crippen molar-refractivity contribution in [2.24, 2.45) is 5.92 Å². The van der Waals surface area contributed by atoms with Crippen LogP contribution in [0.3, 0.4) is 0 Å². The topological polar surface area (TPSA) is 75.7 Å². The zero-order valence-electron chi connectivity index (χ0n) is 16.7. The third-order valence-electron chi connectivity index (χ3n) is 5.06. The summed E-state index contributed by atoms with van der Waals surface area (Å²) in [5, 5.41) is 2.26. The fraction of sp³-hybridized carbons (Fsp3) is 0.318. The molecule has 9 heteroatoms. The Kier molecular flexibility index (Phi) is 6.62. The van der Waals surface area contributed by atoms with Crippen molar-refractivity contribution in [3.8, 4) is 0 Å². The van der Waals surface area contributed by atoms with Crippen LogP contribution in [0.4, 0.5) is 18.9 Å². The number of benzene rings is 2. The average molecular weight is 434 g/mol. The van der Waals surface area contributed by atoms with E-state index in [-0.39, 0.29) is 30.6 Å². The first-order valence-electron chi connectivity index (χ1n) is 9.63. The van der Waals surface area contributed by atoms with Crippen LogP contribution in [-0.4, -0.2) is 35.8 Å². The Bertz CT molecular complexity index is 963. The molecule has 0 bridgehead atoms. The minimum atomic E-state index is -4.54. The molecule has 1 saturated heterocycles. The molecule has 0 saturated carbocycles. The number of nitrogens with one attached hydrogen (secondary N) is 1. The Morgan fingerprint density at radius 1 is 1.16 bits per heavy atom. The molecule has 6 nitrogen and oxygen atoms in total. The second-order valence-electron chi connectivity index (χ2n) is 7.27. The van der Waals surface area contributed by atoms with Gasteiger partial charge in [0.25, 0.3) is 5.91 Å². The molecular formula is C22H21F3N2O4. The normalized spacial score (nSPS) is 17.4. The maximum Gasteiger partial charge on any atom is 0.416 e. The first-order valence-corrected chi connectivity index (χ1v) is 9.63. The summed E-state index contributed by atoms with van der Waals surface area (Å²) in [4.78, 5) is 38.2. The van der Waals surface area contributed by atoms with Crippen LogP contribution >= 0.6 is 0 Å². The number of rotatable bonds is 6. The number of carbonyl (C=O) groups is 3. The number of hydrogen-bond acceptors (Lipinski definition) is 4. The van der Waals surface area contributed by atoms with E-state index in [1.165, 1.54) is 6.07 Å². The van der Waals surface area contributed by atoms with Crippen LogP contribution < -0.4 is 5.32 Å². The second kappa shape index (κ2) is 9.20. The van der Waals surface area contributed by atoms with Gasteiger partial charge in [0.1, 0.15) is 0 Å². The van der Waals surface area contributed by atoms with Crippen LogP contribution in [0.15, 0.2) is 54.6 Å². The van der Waals surface area contributed by atoms with Gasteiger partial charge in [-0.2, -0.15) is 13.2 Å². The highest BCUT2D eigenvalue weighted by molar-refractivity contribution is 5.93. The van der Waals surface area contributed by atoms with E-state index >= 15 is 0 Å². The van der Waals surface area contributed by atoms with Crippen LogP contribution in [0, 0.1) is 5.92 Å². The Morgan fingerprint density at radius 3 is 2.55 bits per heavy atom. The molecule has 0 aromatic heterocycles. The van der Waals surface area contributed by atoms with Crippen molar-refractivity contribution in [3.63, 3.8) is 0 Å². The zero-order valence-corrected chi connectivity index (χ0v) is 16.7. The number of hydrogen-bond donors (Lipinski definition) is 1. The number of ether oxygens (including phenoxy) is 1. The van der Waals surface area contributed by atoms with E-state index in [4.69, 9.17) is 4.74 Å². The molecule has 1 aliphatic heterocycles. The molecule has 2 aromatic rings. The molecule has 31 heavy (non-hydrogen) atoms. The summed E-state index contributed by atoms with van der Waals surface area (Å²) in [5.74, 6) is -2.37. The minimum absolute atomic E-state index is 0.0226. The molecular weight excluding hydrogens is 413 g/mol. The van der Waals surface area contributed by atoms with Crippen molar-refractivity contribution < 1.29 is 32.3 Å². The van der Waals surface area contributed by atoms with Crippen LogP contribution in [0.5, 0.6) is 0 Å². The summed E-state index contributed by atoms with van der Waals surface area (Å²) in [7, 11) is 0. The maximum atomic E-state index is 12.7. The van der Waals surface area contributed by atoms with E-state index in [1.807, 2.05) is 37.3 Å². The van der Waals surface area contributed by atoms with Gasteiger partial charge in [0.15, 0.2) is 6.61 Å². The molecule has 164 valence electrons. The average Bonchev–Trinajstić information content (AvgIpc) is 3.13. The number of halogens is 3. The third-order valence-corrected chi connectivity index (χ3v) is 5.06. The van der Waals surface area contributed by atoms with E-state index in [9.17, 15) is 27.6 Å². The van der Waals surface area contributed by atoms with Gasteiger partial charge in [-0.25, -0.2) is 0 Å². The van der Waals surface area contributed by atoms with E-state index < -0.39 is 36.1 Å². The Labute approximate surface area is 177 Å². The standard InChI is InChI=1S/C22H21F3N2O4/c1-14(15-6-3-2-4-7-15)27-12-16(10-20(27)29)21(30)31-13-19(28)26-18-9-5-8-17(11-18)22(23,24)25/h2-9,11,14,16H,10,12-13H2,1H3,(H,26,28)/t14-,16+/m0/s1. The van der Waals surface area contributed by atoms with E-state index in [0.29, 0.717) is 0 Å². The Hall–Kier alpha value is -3.36.